The van der Waals surface area contributed by atoms with Gasteiger partial charge in [-0.15, -0.1) is 0 Å². The Hall–Kier alpha value is -1.92. The highest BCUT2D eigenvalue weighted by Crippen LogP contribution is 2.23. The molecule has 0 bridgehead atoms. The van der Waals surface area contributed by atoms with Crippen LogP contribution in [-0.2, 0) is 27.3 Å². The van der Waals surface area contributed by atoms with Gasteiger partial charge in [-0.2, -0.15) is 0 Å². The molecule has 2 heterocycles. The molecule has 2 saturated heterocycles. The molecule has 6 nitrogen and oxygen atoms in total. The molecule has 0 spiro atoms. The summed E-state index contributed by atoms with van der Waals surface area (Å²) in [6.45, 7) is 2.91. The minimum Gasteiger partial charge on any atom is -0.481 e. The van der Waals surface area contributed by atoms with Crippen LogP contribution in [0.4, 0.5) is 0 Å². The first-order valence-electron chi connectivity index (χ1n) is 7.92. The van der Waals surface area contributed by atoms with Gasteiger partial charge in [0.1, 0.15) is 0 Å². The van der Waals surface area contributed by atoms with E-state index in [-0.39, 0.29) is 24.5 Å². The van der Waals surface area contributed by atoms with Crippen LogP contribution in [0.2, 0.25) is 0 Å². The lowest BCUT2D eigenvalue weighted by Gasteiger charge is -2.25. The largest absolute Gasteiger partial charge is 0.481 e. The highest BCUT2D eigenvalue weighted by molar-refractivity contribution is 5.76. The second-order valence-corrected chi connectivity index (χ2v) is 6.31. The van der Waals surface area contributed by atoms with E-state index in [9.17, 15) is 9.59 Å². The summed E-state index contributed by atoms with van der Waals surface area (Å²) < 4.78 is 5.83. The van der Waals surface area contributed by atoms with Crippen LogP contribution in [0.3, 0.4) is 0 Å². The van der Waals surface area contributed by atoms with Gasteiger partial charge in [-0.3, -0.25) is 14.5 Å². The van der Waals surface area contributed by atoms with Gasteiger partial charge in [-0.05, 0) is 11.1 Å². The highest BCUT2D eigenvalue weighted by atomic mass is 16.5. The Morgan fingerprint density at radius 3 is 2.65 bits per heavy atom. The number of rotatable bonds is 4. The van der Waals surface area contributed by atoms with Crippen molar-refractivity contribution in [3.63, 3.8) is 0 Å². The minimum atomic E-state index is -0.817. The number of hydrogen-bond acceptors (Lipinski definition) is 4. The third kappa shape index (κ3) is 3.71. The molecule has 2 aliphatic rings. The number of aliphatic carboxylic acids is 1. The Labute approximate surface area is 135 Å². The lowest BCUT2D eigenvalue weighted by Crippen LogP contribution is -2.42. The Morgan fingerprint density at radius 2 is 1.96 bits per heavy atom. The van der Waals surface area contributed by atoms with Gasteiger partial charge in [0, 0.05) is 26.7 Å². The lowest BCUT2D eigenvalue weighted by molar-refractivity contribution is -0.136. The second kappa shape index (κ2) is 6.68. The first-order chi connectivity index (χ1) is 11.0. The summed E-state index contributed by atoms with van der Waals surface area (Å²) in [5.74, 6) is -0.667. The van der Waals surface area contributed by atoms with Crippen LogP contribution in [0.25, 0.3) is 0 Å². The van der Waals surface area contributed by atoms with E-state index in [2.05, 4.69) is 4.90 Å². The van der Waals surface area contributed by atoms with E-state index in [1.165, 1.54) is 0 Å². The molecule has 0 radical (unpaired) electrons. The van der Waals surface area contributed by atoms with Crippen LogP contribution < -0.4 is 0 Å². The number of carbonyl (C=O) groups excluding carboxylic acids is 1. The molecule has 0 aliphatic carbocycles. The Kier molecular flexibility index (Phi) is 4.63. The number of likely N-dealkylation sites (N-methyl/N-ethyl adjacent to an activating group) is 1. The molecule has 0 unspecified atom stereocenters. The Morgan fingerprint density at radius 1 is 1.26 bits per heavy atom. The van der Waals surface area contributed by atoms with E-state index in [1.54, 1.807) is 0 Å². The molecule has 124 valence electrons. The first-order valence-corrected chi connectivity index (χ1v) is 7.92. The summed E-state index contributed by atoms with van der Waals surface area (Å²) in [4.78, 5) is 26.7. The normalized spacial score (nSPS) is 25.3. The lowest BCUT2D eigenvalue weighted by atomic mass is 10.1. The van der Waals surface area contributed by atoms with Gasteiger partial charge in [0.25, 0.3) is 0 Å². The van der Waals surface area contributed by atoms with Crippen LogP contribution in [0, 0.1) is 0 Å². The van der Waals surface area contributed by atoms with Gasteiger partial charge < -0.3 is 14.7 Å². The van der Waals surface area contributed by atoms with Crippen LogP contribution >= 0.6 is 0 Å². The molecular weight excluding hydrogens is 296 g/mol. The number of ether oxygens (including phenoxy) is 1. The zero-order chi connectivity index (χ0) is 16.4. The molecule has 0 aromatic heterocycles. The second-order valence-electron chi connectivity index (χ2n) is 6.31. The van der Waals surface area contributed by atoms with E-state index in [0.717, 1.165) is 30.8 Å². The van der Waals surface area contributed by atoms with E-state index in [4.69, 9.17) is 9.84 Å². The molecule has 1 amide bonds. The number of nitrogens with zero attached hydrogens (tertiary/aromatic N) is 2. The van der Waals surface area contributed by atoms with Gasteiger partial charge in [0.2, 0.25) is 5.91 Å². The summed E-state index contributed by atoms with van der Waals surface area (Å²) in [6.07, 6.45) is 0.599. The average molecular weight is 318 g/mol. The van der Waals surface area contributed by atoms with Crippen molar-refractivity contribution in [3.05, 3.63) is 35.4 Å². The number of carboxylic acids is 1. The molecule has 6 heteroatoms. The van der Waals surface area contributed by atoms with Crippen molar-refractivity contribution in [1.82, 2.24) is 9.80 Å². The number of carboxylic acid groups (broad SMARTS) is 1. The Balaban J connectivity index is 1.61. The number of carbonyl (C=O) groups is 2. The third-order valence-electron chi connectivity index (χ3n) is 4.64. The number of likely N-dealkylation sites (tertiary alicyclic amines) is 1. The number of amides is 1. The fourth-order valence-electron chi connectivity index (χ4n) is 3.35. The maximum absolute atomic E-state index is 11.9. The average Bonchev–Trinajstić information content (AvgIpc) is 2.85. The monoisotopic (exact) mass is 318 g/mol. The van der Waals surface area contributed by atoms with Crippen molar-refractivity contribution in [2.45, 2.75) is 31.5 Å². The molecule has 0 saturated carbocycles. The predicted molar refractivity (Wildman–Crippen MR) is 84.0 cm³/mol. The molecule has 3 rings (SSSR count). The van der Waals surface area contributed by atoms with Crippen LogP contribution in [0.5, 0.6) is 0 Å². The van der Waals surface area contributed by atoms with Crippen LogP contribution in [0.1, 0.15) is 17.5 Å². The summed E-state index contributed by atoms with van der Waals surface area (Å²) >= 11 is 0. The summed E-state index contributed by atoms with van der Waals surface area (Å²) in [5, 5.41) is 8.80. The van der Waals surface area contributed by atoms with E-state index < -0.39 is 5.97 Å². The van der Waals surface area contributed by atoms with Crippen molar-refractivity contribution >= 4 is 11.9 Å². The minimum absolute atomic E-state index is 0.0505. The standard InChI is InChI=1S/C17H22N2O4/c1-18-14-10-19(11-15(14)23-7-6-16(18)20)9-13-4-2-12(3-5-13)8-17(21)22/h2-5,14-15H,6-11H2,1H3,(H,21,22)/t14-,15-/m0/s1. The number of hydrogen-bond donors (Lipinski definition) is 1. The van der Waals surface area contributed by atoms with E-state index >= 15 is 0 Å². The molecule has 1 aromatic rings. The molecule has 1 aromatic carbocycles. The van der Waals surface area contributed by atoms with Crippen molar-refractivity contribution in [2.75, 3.05) is 26.7 Å². The maximum Gasteiger partial charge on any atom is 0.307 e. The van der Waals surface area contributed by atoms with Crippen molar-refractivity contribution in [1.29, 1.82) is 0 Å². The SMILES string of the molecule is CN1C(=O)CCO[C@H]2CN(Cc3ccc(CC(=O)O)cc3)C[C@@H]21. The fraction of sp³-hybridized carbons (Fsp3) is 0.529. The van der Waals surface area contributed by atoms with Crippen LogP contribution in [-0.4, -0.2) is 65.7 Å². The quantitative estimate of drug-likeness (QED) is 0.887. The third-order valence-corrected chi connectivity index (χ3v) is 4.64. The molecule has 2 aliphatic heterocycles. The summed E-state index contributed by atoms with van der Waals surface area (Å²) in [7, 11) is 1.86. The number of benzene rings is 1. The van der Waals surface area contributed by atoms with E-state index in [0.29, 0.717) is 13.0 Å². The van der Waals surface area contributed by atoms with Gasteiger partial charge in [-0.1, -0.05) is 24.3 Å². The van der Waals surface area contributed by atoms with Crippen molar-refractivity contribution in [2.24, 2.45) is 0 Å². The molecule has 1 N–H and O–H groups in total. The molecule has 2 fully saturated rings. The number of fused-ring (bicyclic) bond motifs is 1. The van der Waals surface area contributed by atoms with Crippen molar-refractivity contribution < 1.29 is 19.4 Å². The van der Waals surface area contributed by atoms with Crippen molar-refractivity contribution in [3.8, 4) is 0 Å². The smallest absolute Gasteiger partial charge is 0.307 e. The fourth-order valence-corrected chi connectivity index (χ4v) is 3.35. The first kappa shape index (κ1) is 16.0. The maximum atomic E-state index is 11.9. The highest BCUT2D eigenvalue weighted by Gasteiger charge is 2.39. The van der Waals surface area contributed by atoms with Gasteiger partial charge >= 0.3 is 5.97 Å². The van der Waals surface area contributed by atoms with Gasteiger partial charge in [0.15, 0.2) is 0 Å². The predicted octanol–water partition coefficient (Wildman–Crippen LogP) is 0.745. The summed E-state index contributed by atoms with van der Waals surface area (Å²) in [6, 6.07) is 7.80. The van der Waals surface area contributed by atoms with Crippen LogP contribution in [0.15, 0.2) is 24.3 Å². The van der Waals surface area contributed by atoms with E-state index in [1.807, 2.05) is 36.2 Å². The molecular formula is C17H22N2O4. The molecule has 23 heavy (non-hydrogen) atoms. The summed E-state index contributed by atoms with van der Waals surface area (Å²) in [5.41, 5.74) is 1.95. The zero-order valence-corrected chi connectivity index (χ0v) is 13.3. The Bertz CT molecular complexity index is 587. The topological polar surface area (TPSA) is 70.1 Å². The molecule has 2 atom stereocenters. The zero-order valence-electron chi connectivity index (χ0n) is 13.3. The van der Waals surface area contributed by atoms with Gasteiger partial charge in [-0.25, -0.2) is 0 Å². The van der Waals surface area contributed by atoms with Gasteiger partial charge in [0.05, 0.1) is 31.6 Å².